The third-order valence-electron chi connectivity index (χ3n) is 4.52. The number of ether oxygens (including phenoxy) is 1. The van der Waals surface area contributed by atoms with Crippen LogP contribution in [-0.4, -0.2) is 23.4 Å². The quantitative estimate of drug-likeness (QED) is 0.668. The number of carbonyl (C=O) groups excluding carboxylic acids is 1. The van der Waals surface area contributed by atoms with Gasteiger partial charge in [0.25, 0.3) is 5.91 Å². The number of nitrogens with zero attached hydrogens (tertiary/aromatic N) is 1. The third kappa shape index (κ3) is 3.71. The van der Waals surface area contributed by atoms with Gasteiger partial charge in [-0.15, -0.1) is 11.8 Å². The SMILES string of the molecule is CSc1ccccc1C(=O)NCc1cc(-c2ccc3c(c2)C[C@@H](C)O3)on1. The van der Waals surface area contributed by atoms with Gasteiger partial charge in [-0.25, -0.2) is 0 Å². The van der Waals surface area contributed by atoms with Crippen molar-refractivity contribution in [1.29, 1.82) is 0 Å². The van der Waals surface area contributed by atoms with Crippen molar-refractivity contribution in [2.24, 2.45) is 0 Å². The molecule has 0 aliphatic carbocycles. The van der Waals surface area contributed by atoms with Gasteiger partial charge in [-0.3, -0.25) is 4.79 Å². The van der Waals surface area contributed by atoms with Gasteiger partial charge in [-0.2, -0.15) is 0 Å². The minimum Gasteiger partial charge on any atom is -0.490 e. The highest BCUT2D eigenvalue weighted by Gasteiger charge is 2.20. The van der Waals surface area contributed by atoms with Crippen LogP contribution in [0.5, 0.6) is 5.75 Å². The van der Waals surface area contributed by atoms with Gasteiger partial charge in [0.15, 0.2) is 5.76 Å². The van der Waals surface area contributed by atoms with Gasteiger partial charge in [-0.1, -0.05) is 17.3 Å². The second kappa shape index (κ2) is 7.48. The first kappa shape index (κ1) is 17.7. The summed E-state index contributed by atoms with van der Waals surface area (Å²) in [6, 6.07) is 15.4. The molecule has 0 radical (unpaired) electrons. The third-order valence-corrected chi connectivity index (χ3v) is 5.32. The lowest BCUT2D eigenvalue weighted by atomic mass is 10.1. The second-order valence-electron chi connectivity index (χ2n) is 6.52. The summed E-state index contributed by atoms with van der Waals surface area (Å²) in [4.78, 5) is 13.4. The van der Waals surface area contributed by atoms with Gasteiger partial charge < -0.3 is 14.6 Å². The van der Waals surface area contributed by atoms with Crippen LogP contribution in [0.3, 0.4) is 0 Å². The molecular formula is C21H20N2O3S. The molecule has 1 amide bonds. The Bertz CT molecular complexity index is 983. The Morgan fingerprint density at radius 1 is 1.26 bits per heavy atom. The summed E-state index contributed by atoms with van der Waals surface area (Å²) in [6.07, 6.45) is 3.06. The minimum absolute atomic E-state index is 0.117. The zero-order valence-corrected chi connectivity index (χ0v) is 16.0. The average molecular weight is 380 g/mol. The van der Waals surface area contributed by atoms with E-state index < -0.39 is 0 Å². The fourth-order valence-electron chi connectivity index (χ4n) is 3.20. The van der Waals surface area contributed by atoms with Gasteiger partial charge >= 0.3 is 0 Å². The van der Waals surface area contributed by atoms with Crippen LogP contribution in [-0.2, 0) is 13.0 Å². The van der Waals surface area contributed by atoms with Crippen LogP contribution in [0.2, 0.25) is 0 Å². The van der Waals surface area contributed by atoms with Crippen LogP contribution in [0.15, 0.2) is 57.9 Å². The molecule has 1 atom stereocenters. The van der Waals surface area contributed by atoms with Crippen LogP contribution < -0.4 is 10.1 Å². The molecule has 5 nitrogen and oxygen atoms in total. The zero-order valence-electron chi connectivity index (χ0n) is 15.2. The largest absolute Gasteiger partial charge is 0.490 e. The van der Waals surface area contributed by atoms with E-state index in [1.54, 1.807) is 11.8 Å². The normalized spacial score (nSPS) is 15.3. The molecule has 1 N–H and O–H groups in total. The zero-order chi connectivity index (χ0) is 18.8. The van der Waals surface area contributed by atoms with Gasteiger partial charge in [0.05, 0.1) is 12.1 Å². The summed E-state index contributed by atoms with van der Waals surface area (Å²) in [5, 5.41) is 6.99. The number of hydrogen-bond donors (Lipinski definition) is 1. The van der Waals surface area contributed by atoms with Crippen molar-refractivity contribution >= 4 is 17.7 Å². The molecule has 27 heavy (non-hydrogen) atoms. The topological polar surface area (TPSA) is 64.4 Å². The highest BCUT2D eigenvalue weighted by molar-refractivity contribution is 7.98. The maximum Gasteiger partial charge on any atom is 0.252 e. The van der Waals surface area contributed by atoms with Crippen LogP contribution in [0.1, 0.15) is 28.5 Å². The number of nitrogens with one attached hydrogen (secondary N) is 1. The fraction of sp³-hybridized carbons (Fsp3) is 0.238. The molecule has 138 valence electrons. The standard InChI is InChI=1S/C21H20N2O3S/c1-13-9-15-10-14(7-8-18(15)25-13)19-11-16(23-26-19)12-22-21(24)17-5-3-4-6-20(17)27-2/h3-8,10-11,13H,9,12H2,1-2H3,(H,22,24)/t13-/m1/s1. The van der Waals surface area contributed by atoms with Gasteiger partial charge in [0.1, 0.15) is 17.5 Å². The van der Waals surface area contributed by atoms with E-state index in [1.165, 1.54) is 5.56 Å². The molecule has 4 rings (SSSR count). The van der Waals surface area contributed by atoms with Crippen molar-refractivity contribution in [3.63, 3.8) is 0 Å². The van der Waals surface area contributed by atoms with E-state index in [-0.39, 0.29) is 12.0 Å². The van der Waals surface area contributed by atoms with Gasteiger partial charge in [-0.05, 0) is 49.1 Å². The lowest BCUT2D eigenvalue weighted by Gasteiger charge is -2.06. The maximum absolute atomic E-state index is 12.4. The first-order valence-corrected chi connectivity index (χ1v) is 10.0. The Balaban J connectivity index is 1.44. The summed E-state index contributed by atoms with van der Waals surface area (Å²) in [6.45, 7) is 2.38. The van der Waals surface area contributed by atoms with E-state index >= 15 is 0 Å². The monoisotopic (exact) mass is 380 g/mol. The van der Waals surface area contributed by atoms with Crippen LogP contribution in [0.4, 0.5) is 0 Å². The second-order valence-corrected chi connectivity index (χ2v) is 7.37. The molecule has 3 aromatic rings. The Hall–Kier alpha value is -2.73. The molecule has 0 saturated heterocycles. The molecule has 1 aliphatic rings. The number of hydrogen-bond acceptors (Lipinski definition) is 5. The summed E-state index contributed by atoms with van der Waals surface area (Å²) in [5.74, 6) is 1.50. The van der Waals surface area contributed by atoms with Crippen molar-refractivity contribution in [3.8, 4) is 17.1 Å². The van der Waals surface area contributed by atoms with Crippen molar-refractivity contribution < 1.29 is 14.1 Å². The lowest BCUT2D eigenvalue weighted by Crippen LogP contribution is -2.23. The predicted molar refractivity (Wildman–Crippen MR) is 105 cm³/mol. The first-order chi connectivity index (χ1) is 13.1. The highest BCUT2D eigenvalue weighted by Crippen LogP contribution is 2.33. The molecule has 2 heterocycles. The van der Waals surface area contributed by atoms with Crippen LogP contribution in [0.25, 0.3) is 11.3 Å². The predicted octanol–water partition coefficient (Wildman–Crippen LogP) is 4.32. The van der Waals surface area contributed by atoms with Gasteiger partial charge in [0, 0.05) is 22.9 Å². The van der Waals surface area contributed by atoms with E-state index in [9.17, 15) is 4.79 Å². The molecule has 2 aromatic carbocycles. The molecule has 0 unspecified atom stereocenters. The van der Waals surface area contributed by atoms with E-state index in [0.717, 1.165) is 22.6 Å². The summed E-state index contributed by atoms with van der Waals surface area (Å²) < 4.78 is 11.2. The van der Waals surface area contributed by atoms with E-state index in [4.69, 9.17) is 9.26 Å². The Kier molecular flexibility index (Phi) is 4.90. The molecular weight excluding hydrogens is 360 g/mol. The van der Waals surface area contributed by atoms with Crippen molar-refractivity contribution in [2.45, 2.75) is 30.9 Å². The molecule has 0 fully saturated rings. The van der Waals surface area contributed by atoms with Crippen LogP contribution >= 0.6 is 11.8 Å². The summed E-state index contributed by atoms with van der Waals surface area (Å²) in [5.41, 5.74) is 3.50. The van der Waals surface area contributed by atoms with E-state index in [1.807, 2.05) is 48.7 Å². The number of amides is 1. The van der Waals surface area contributed by atoms with Gasteiger partial charge in [0.2, 0.25) is 0 Å². The average Bonchev–Trinajstić information content (AvgIpc) is 3.30. The maximum atomic E-state index is 12.4. The molecule has 6 heteroatoms. The molecule has 1 aromatic heterocycles. The Morgan fingerprint density at radius 3 is 2.96 bits per heavy atom. The van der Waals surface area contributed by atoms with Crippen molar-refractivity contribution in [2.75, 3.05) is 6.26 Å². The number of carbonyl (C=O) groups is 1. The Morgan fingerprint density at radius 2 is 2.11 bits per heavy atom. The molecule has 0 saturated carbocycles. The number of fused-ring (bicyclic) bond motifs is 1. The van der Waals surface area contributed by atoms with Crippen molar-refractivity contribution in [1.82, 2.24) is 10.5 Å². The van der Waals surface area contributed by atoms with E-state index in [2.05, 4.69) is 23.5 Å². The van der Waals surface area contributed by atoms with E-state index in [0.29, 0.717) is 23.6 Å². The van der Waals surface area contributed by atoms with Crippen molar-refractivity contribution in [3.05, 3.63) is 65.4 Å². The number of aromatic nitrogens is 1. The lowest BCUT2D eigenvalue weighted by molar-refractivity contribution is 0.0947. The minimum atomic E-state index is -0.117. The molecule has 0 spiro atoms. The molecule has 0 bridgehead atoms. The Labute approximate surface area is 162 Å². The highest BCUT2D eigenvalue weighted by atomic mass is 32.2. The summed E-state index contributed by atoms with van der Waals surface area (Å²) in [7, 11) is 0. The summed E-state index contributed by atoms with van der Waals surface area (Å²) >= 11 is 1.55. The molecule has 1 aliphatic heterocycles. The smallest absolute Gasteiger partial charge is 0.252 e. The first-order valence-electron chi connectivity index (χ1n) is 8.81. The van der Waals surface area contributed by atoms with Crippen LogP contribution in [0, 0.1) is 0 Å². The number of thioether (sulfide) groups is 1. The fourth-order valence-corrected chi connectivity index (χ4v) is 3.80. The number of benzene rings is 2. The number of rotatable bonds is 5.